The number of carbonyl (C=O) groups excluding carboxylic acids is 1. The van der Waals surface area contributed by atoms with Crippen LogP contribution in [0.4, 0.5) is 0 Å². The molecule has 0 fully saturated rings. The van der Waals surface area contributed by atoms with E-state index in [1.165, 1.54) is 0 Å². The van der Waals surface area contributed by atoms with Gasteiger partial charge in [-0.3, -0.25) is 4.79 Å². The van der Waals surface area contributed by atoms with Crippen molar-refractivity contribution in [3.05, 3.63) is 72.0 Å². The summed E-state index contributed by atoms with van der Waals surface area (Å²) in [4.78, 5) is 16.9. The molecule has 1 atom stereocenters. The van der Waals surface area contributed by atoms with E-state index >= 15 is 0 Å². The summed E-state index contributed by atoms with van der Waals surface area (Å²) in [6.07, 6.45) is 8.54. The minimum Gasteiger partial charge on any atom is -0.460 e. The number of hydrogen-bond donors (Lipinski definition) is 1. The molecule has 104 valence electrons. The van der Waals surface area contributed by atoms with Gasteiger partial charge in [-0.15, -0.1) is 0 Å². The first kappa shape index (κ1) is 14.1. The minimum atomic E-state index is -0.828. The Balaban J connectivity index is 2.02. The van der Waals surface area contributed by atoms with Gasteiger partial charge in [0.2, 0.25) is 0 Å². The average Bonchev–Trinajstić information content (AvgIpc) is 2.68. The summed E-state index contributed by atoms with van der Waals surface area (Å²) in [5.74, 6) is 5.27. The average molecular weight is 271 g/mol. The second kappa shape index (κ2) is 6.21. The van der Waals surface area contributed by atoms with Gasteiger partial charge in [-0.1, -0.05) is 48.6 Å². The maximum absolute atomic E-state index is 12.2. The molecule has 0 heterocycles. The van der Waals surface area contributed by atoms with Crippen LogP contribution in [0.15, 0.2) is 66.5 Å². The van der Waals surface area contributed by atoms with Crippen LogP contribution in [0.5, 0.6) is 0 Å². The van der Waals surface area contributed by atoms with E-state index in [1.54, 1.807) is 37.3 Å². The molecule has 1 aromatic carbocycles. The molecule has 1 unspecified atom stereocenters. The Morgan fingerprint density at radius 1 is 1.25 bits per heavy atom. The Hall–Kier alpha value is -2.33. The summed E-state index contributed by atoms with van der Waals surface area (Å²) < 4.78 is 5.36. The zero-order valence-corrected chi connectivity index (χ0v) is 11.3. The topological polar surface area (TPSA) is 61.5 Å². The molecule has 4 nitrogen and oxygen atoms in total. The molecule has 20 heavy (non-hydrogen) atoms. The molecule has 0 aromatic heterocycles. The van der Waals surface area contributed by atoms with Gasteiger partial charge < -0.3 is 9.57 Å². The molecule has 2 N–H and O–H groups in total. The zero-order valence-electron chi connectivity index (χ0n) is 11.3. The van der Waals surface area contributed by atoms with Crippen molar-refractivity contribution in [3.63, 3.8) is 0 Å². The van der Waals surface area contributed by atoms with Gasteiger partial charge in [-0.2, -0.15) is 5.90 Å². The number of rotatable bonds is 4. The largest absolute Gasteiger partial charge is 0.460 e. The van der Waals surface area contributed by atoms with Crippen molar-refractivity contribution in [1.29, 1.82) is 0 Å². The lowest BCUT2D eigenvalue weighted by molar-refractivity contribution is -0.151. The van der Waals surface area contributed by atoms with Crippen molar-refractivity contribution in [2.45, 2.75) is 13.5 Å². The molecule has 0 bridgehead atoms. The third-order valence-corrected chi connectivity index (χ3v) is 3.09. The Labute approximate surface area is 118 Å². The van der Waals surface area contributed by atoms with Crippen LogP contribution in [-0.2, 0) is 21.0 Å². The van der Waals surface area contributed by atoms with E-state index in [2.05, 4.69) is 4.84 Å². The van der Waals surface area contributed by atoms with Crippen molar-refractivity contribution in [2.75, 3.05) is 0 Å². The highest BCUT2D eigenvalue weighted by molar-refractivity contribution is 5.81. The molecular formula is C16H17NO3. The van der Waals surface area contributed by atoms with E-state index in [0.29, 0.717) is 5.76 Å². The molecule has 0 aliphatic heterocycles. The molecule has 1 aliphatic rings. The highest BCUT2D eigenvalue weighted by Gasteiger charge is 2.30. The number of benzene rings is 1. The van der Waals surface area contributed by atoms with Crippen molar-refractivity contribution in [2.24, 2.45) is 11.3 Å². The number of ether oxygens (including phenoxy) is 1. The van der Waals surface area contributed by atoms with E-state index in [0.717, 1.165) is 5.56 Å². The van der Waals surface area contributed by atoms with Crippen LogP contribution in [0.3, 0.4) is 0 Å². The second-order valence-corrected chi connectivity index (χ2v) is 4.72. The fraction of sp³-hybridized carbons (Fsp3) is 0.188. The second-order valence-electron chi connectivity index (χ2n) is 4.72. The van der Waals surface area contributed by atoms with Crippen molar-refractivity contribution in [3.8, 4) is 0 Å². The van der Waals surface area contributed by atoms with Gasteiger partial charge in [0.15, 0.2) is 0 Å². The first-order chi connectivity index (χ1) is 9.64. The predicted octanol–water partition coefficient (Wildman–Crippen LogP) is 2.64. The lowest BCUT2D eigenvalue weighted by atomic mass is 9.90. The van der Waals surface area contributed by atoms with Crippen LogP contribution in [0.25, 0.3) is 0 Å². The highest BCUT2D eigenvalue weighted by Crippen LogP contribution is 2.26. The van der Waals surface area contributed by atoms with Crippen LogP contribution >= 0.6 is 0 Å². The van der Waals surface area contributed by atoms with E-state index in [4.69, 9.17) is 10.6 Å². The first-order valence-corrected chi connectivity index (χ1v) is 6.31. The first-order valence-electron chi connectivity index (χ1n) is 6.31. The van der Waals surface area contributed by atoms with Gasteiger partial charge in [0.1, 0.15) is 17.8 Å². The maximum atomic E-state index is 12.2. The summed E-state index contributed by atoms with van der Waals surface area (Å²) in [5, 5.41) is 0. The van der Waals surface area contributed by atoms with E-state index in [-0.39, 0.29) is 12.6 Å². The third kappa shape index (κ3) is 3.36. The van der Waals surface area contributed by atoms with Gasteiger partial charge in [0, 0.05) is 0 Å². The summed E-state index contributed by atoms with van der Waals surface area (Å²) >= 11 is 0. The molecule has 1 aromatic rings. The monoisotopic (exact) mass is 271 g/mol. The van der Waals surface area contributed by atoms with Crippen LogP contribution < -0.4 is 5.90 Å². The lowest BCUT2D eigenvalue weighted by Gasteiger charge is -2.19. The fourth-order valence-electron chi connectivity index (χ4n) is 1.80. The van der Waals surface area contributed by atoms with Crippen molar-refractivity contribution in [1.82, 2.24) is 0 Å². The number of hydrogen-bond acceptors (Lipinski definition) is 4. The van der Waals surface area contributed by atoms with Crippen molar-refractivity contribution >= 4 is 5.97 Å². The van der Waals surface area contributed by atoms with Gasteiger partial charge >= 0.3 is 5.97 Å². The van der Waals surface area contributed by atoms with E-state index in [1.807, 2.05) is 30.3 Å². The normalized spacial score (nSPS) is 21.0. The standard InChI is InChI=1S/C16H17NO3/c1-16(10-5-8-14(20-17)9-11-16)15(18)19-12-13-6-3-2-4-7-13/h2-11H,12,17H2,1H3. The summed E-state index contributed by atoms with van der Waals surface area (Å²) in [7, 11) is 0. The Morgan fingerprint density at radius 2 is 2.00 bits per heavy atom. The van der Waals surface area contributed by atoms with Crippen LogP contribution in [0, 0.1) is 5.41 Å². The Bertz CT molecular complexity index is 560. The van der Waals surface area contributed by atoms with Crippen LogP contribution in [0.1, 0.15) is 12.5 Å². The number of esters is 1. The van der Waals surface area contributed by atoms with Gasteiger partial charge in [0.25, 0.3) is 0 Å². The van der Waals surface area contributed by atoms with Gasteiger partial charge in [-0.25, -0.2) is 0 Å². The quantitative estimate of drug-likeness (QED) is 0.675. The van der Waals surface area contributed by atoms with Gasteiger partial charge in [0.05, 0.1) is 0 Å². The van der Waals surface area contributed by atoms with Gasteiger partial charge in [-0.05, 0) is 24.6 Å². The molecular weight excluding hydrogens is 254 g/mol. The maximum Gasteiger partial charge on any atom is 0.319 e. The smallest absolute Gasteiger partial charge is 0.319 e. The Kier molecular flexibility index (Phi) is 4.38. The summed E-state index contributed by atoms with van der Waals surface area (Å²) in [6, 6.07) is 9.56. The molecule has 0 radical (unpaired) electrons. The molecule has 4 heteroatoms. The SMILES string of the molecule is CC1(C(=O)OCc2ccccc2)C=CC=C(ON)C=C1. The molecule has 1 aliphatic carbocycles. The van der Waals surface area contributed by atoms with Crippen LogP contribution in [0.2, 0.25) is 0 Å². The number of carbonyl (C=O) groups is 1. The predicted molar refractivity (Wildman–Crippen MR) is 76.0 cm³/mol. The lowest BCUT2D eigenvalue weighted by Crippen LogP contribution is -2.25. The number of allylic oxidation sites excluding steroid dienone is 3. The minimum absolute atomic E-state index is 0.255. The molecule has 0 saturated heterocycles. The van der Waals surface area contributed by atoms with E-state index < -0.39 is 5.41 Å². The fourth-order valence-corrected chi connectivity index (χ4v) is 1.80. The molecule has 0 saturated carbocycles. The summed E-state index contributed by atoms with van der Waals surface area (Å²) in [6.45, 7) is 2.03. The molecule has 2 rings (SSSR count). The Morgan fingerprint density at radius 3 is 2.70 bits per heavy atom. The zero-order chi connectivity index (χ0) is 14.4. The highest BCUT2D eigenvalue weighted by atomic mass is 16.6. The summed E-state index contributed by atoms with van der Waals surface area (Å²) in [5.41, 5.74) is 0.126. The third-order valence-electron chi connectivity index (χ3n) is 3.09. The van der Waals surface area contributed by atoms with E-state index in [9.17, 15) is 4.79 Å². The number of nitrogens with two attached hydrogens (primary N) is 1. The molecule has 0 amide bonds. The molecule has 0 spiro atoms. The van der Waals surface area contributed by atoms with Crippen LogP contribution in [-0.4, -0.2) is 5.97 Å². The van der Waals surface area contributed by atoms with Crippen molar-refractivity contribution < 1.29 is 14.4 Å².